The third-order valence-corrected chi connectivity index (χ3v) is 1.67. The highest BCUT2D eigenvalue weighted by atomic mass is 19.1. The first-order valence-electron chi connectivity index (χ1n) is 4.48. The number of hydrogen-bond acceptors (Lipinski definition) is 3. The minimum Gasteiger partial charge on any atom is -0.489 e. The van der Waals surface area contributed by atoms with Gasteiger partial charge in [0.1, 0.15) is 18.2 Å². The summed E-state index contributed by atoms with van der Waals surface area (Å²) in [5, 5.41) is 11.5. The lowest BCUT2D eigenvalue weighted by molar-refractivity contribution is 0.201. The van der Waals surface area contributed by atoms with Crippen molar-refractivity contribution >= 4 is 5.69 Å². The Hall–Kier alpha value is -1.73. The predicted molar refractivity (Wildman–Crippen MR) is 56.3 cm³/mol. The van der Waals surface area contributed by atoms with Gasteiger partial charge in [0.2, 0.25) is 0 Å². The van der Waals surface area contributed by atoms with Crippen molar-refractivity contribution < 1.29 is 14.2 Å². The zero-order chi connectivity index (χ0) is 11.1. The monoisotopic (exact) mass is 209 g/mol. The number of ether oxygens (including phenoxy) is 1. The van der Waals surface area contributed by atoms with Crippen LogP contribution in [0.3, 0.4) is 0 Å². The Morgan fingerprint density at radius 1 is 1.53 bits per heavy atom. The lowest BCUT2D eigenvalue weighted by Crippen LogP contribution is -2.06. The third kappa shape index (κ3) is 3.49. The molecule has 0 fully saturated rings. The molecule has 4 heteroatoms. The minimum atomic E-state index is -0.394. The van der Waals surface area contributed by atoms with Crippen molar-refractivity contribution in [1.29, 1.82) is 0 Å². The topological polar surface area (TPSA) is 41.5 Å². The molecule has 80 valence electrons. The molecule has 0 aliphatic rings. The second kappa shape index (κ2) is 5.89. The smallest absolute Gasteiger partial charge is 0.145 e. The van der Waals surface area contributed by atoms with E-state index in [2.05, 4.69) is 11.2 Å². The van der Waals surface area contributed by atoms with Gasteiger partial charge in [0, 0.05) is 6.07 Å². The van der Waals surface area contributed by atoms with Crippen molar-refractivity contribution in [3.63, 3.8) is 0 Å². The van der Waals surface area contributed by atoms with E-state index in [4.69, 9.17) is 16.3 Å². The number of nitrogens with one attached hydrogen (secondary N) is 1. The van der Waals surface area contributed by atoms with Crippen LogP contribution in [-0.2, 0) is 0 Å². The van der Waals surface area contributed by atoms with Crippen LogP contribution in [-0.4, -0.2) is 24.9 Å². The summed E-state index contributed by atoms with van der Waals surface area (Å²) in [5.41, 5.74) is 0.614. The summed E-state index contributed by atoms with van der Waals surface area (Å²) in [5.74, 6) is 2.36. The summed E-state index contributed by atoms with van der Waals surface area (Å²) in [7, 11) is 0. The van der Waals surface area contributed by atoms with Gasteiger partial charge in [-0.3, -0.25) is 0 Å². The molecule has 3 nitrogen and oxygen atoms in total. The molecule has 0 atom stereocenters. The molecule has 15 heavy (non-hydrogen) atoms. The maximum atomic E-state index is 12.9. The average molecular weight is 209 g/mol. The van der Waals surface area contributed by atoms with Crippen LogP contribution in [0.25, 0.3) is 0 Å². The fraction of sp³-hybridized carbons (Fsp3) is 0.273. The maximum Gasteiger partial charge on any atom is 0.145 e. The Morgan fingerprint density at radius 2 is 2.33 bits per heavy atom. The first kappa shape index (κ1) is 11.3. The van der Waals surface area contributed by atoms with Gasteiger partial charge in [-0.25, -0.2) is 4.39 Å². The largest absolute Gasteiger partial charge is 0.489 e. The normalized spacial score (nSPS) is 9.40. The zero-order valence-electron chi connectivity index (χ0n) is 8.16. The number of rotatable bonds is 5. The molecule has 0 aromatic heterocycles. The molecular formula is C11H12FNO2. The first-order valence-corrected chi connectivity index (χ1v) is 4.48. The number of terminal acetylenes is 1. The van der Waals surface area contributed by atoms with Crippen LogP contribution in [0.1, 0.15) is 0 Å². The first-order chi connectivity index (χ1) is 7.27. The highest BCUT2D eigenvalue weighted by Gasteiger charge is 2.04. The van der Waals surface area contributed by atoms with Crippen molar-refractivity contribution in [2.75, 3.05) is 25.1 Å². The molecule has 0 saturated heterocycles. The van der Waals surface area contributed by atoms with Crippen LogP contribution < -0.4 is 10.1 Å². The number of aliphatic hydroxyl groups is 1. The molecule has 0 heterocycles. The molecule has 2 N–H and O–H groups in total. The quantitative estimate of drug-likeness (QED) is 0.717. The molecule has 0 saturated carbocycles. The fourth-order valence-electron chi connectivity index (χ4n) is 1.06. The van der Waals surface area contributed by atoms with Crippen molar-refractivity contribution in [2.45, 2.75) is 0 Å². The molecule has 0 bridgehead atoms. The Morgan fingerprint density at radius 3 is 3.00 bits per heavy atom. The van der Waals surface area contributed by atoms with Crippen LogP contribution in [0.2, 0.25) is 0 Å². The zero-order valence-corrected chi connectivity index (χ0v) is 8.16. The predicted octanol–water partition coefficient (Wildman–Crippen LogP) is 1.24. The number of halogens is 1. The van der Waals surface area contributed by atoms with Gasteiger partial charge in [-0.2, -0.15) is 0 Å². The molecule has 0 unspecified atom stereocenters. The van der Waals surface area contributed by atoms with Crippen molar-refractivity contribution in [3.8, 4) is 18.1 Å². The van der Waals surface area contributed by atoms with E-state index < -0.39 is 5.82 Å². The Balaban J connectivity index is 2.78. The van der Waals surface area contributed by atoms with Gasteiger partial charge < -0.3 is 15.2 Å². The highest BCUT2D eigenvalue weighted by Crippen LogP contribution is 2.24. The van der Waals surface area contributed by atoms with Crippen LogP contribution in [0.5, 0.6) is 5.75 Å². The van der Waals surface area contributed by atoms with Crippen LogP contribution in [0.15, 0.2) is 18.2 Å². The standard InChI is InChI=1S/C11H12FNO2/c1-2-5-13-10-4-3-9(12)8-11(10)15-7-6-14/h1,3-4,8,13-14H,5-7H2. The SMILES string of the molecule is C#CCNc1ccc(F)cc1OCCO. The van der Waals surface area contributed by atoms with E-state index in [1.807, 2.05) is 0 Å². The summed E-state index contributed by atoms with van der Waals surface area (Å²) in [6.07, 6.45) is 5.09. The Bertz CT molecular complexity index is 360. The van der Waals surface area contributed by atoms with Crippen LogP contribution >= 0.6 is 0 Å². The van der Waals surface area contributed by atoms with E-state index in [9.17, 15) is 4.39 Å². The van der Waals surface area contributed by atoms with Crippen molar-refractivity contribution in [2.24, 2.45) is 0 Å². The fourth-order valence-corrected chi connectivity index (χ4v) is 1.06. The molecule has 0 aliphatic carbocycles. The summed E-state index contributed by atoms with van der Waals surface area (Å²) in [4.78, 5) is 0. The summed E-state index contributed by atoms with van der Waals surface area (Å²) >= 11 is 0. The summed E-state index contributed by atoms with van der Waals surface area (Å²) in [6.45, 7) is 0.334. The van der Waals surface area contributed by atoms with Gasteiger partial charge >= 0.3 is 0 Å². The van der Waals surface area contributed by atoms with Crippen molar-refractivity contribution in [3.05, 3.63) is 24.0 Å². The Kier molecular flexibility index (Phi) is 4.45. The van der Waals surface area contributed by atoms with Gasteiger partial charge in [0.05, 0.1) is 18.8 Å². The van der Waals surface area contributed by atoms with E-state index in [0.717, 1.165) is 0 Å². The van der Waals surface area contributed by atoms with Gasteiger partial charge in [0.25, 0.3) is 0 Å². The lowest BCUT2D eigenvalue weighted by Gasteiger charge is -2.11. The number of anilines is 1. The third-order valence-electron chi connectivity index (χ3n) is 1.67. The summed E-state index contributed by atoms with van der Waals surface area (Å²) < 4.78 is 18.0. The molecular weight excluding hydrogens is 197 g/mol. The van der Waals surface area contributed by atoms with Gasteiger partial charge in [-0.1, -0.05) is 5.92 Å². The van der Waals surface area contributed by atoms with Crippen LogP contribution in [0, 0.1) is 18.2 Å². The van der Waals surface area contributed by atoms with Crippen molar-refractivity contribution in [1.82, 2.24) is 0 Å². The molecule has 1 rings (SSSR count). The average Bonchev–Trinajstić information content (AvgIpc) is 2.25. The molecule has 1 aromatic rings. The minimum absolute atomic E-state index is 0.119. The van der Waals surface area contributed by atoms with Gasteiger partial charge in [-0.05, 0) is 12.1 Å². The number of aliphatic hydroxyl groups excluding tert-OH is 1. The lowest BCUT2D eigenvalue weighted by atomic mass is 10.3. The summed E-state index contributed by atoms with van der Waals surface area (Å²) in [6, 6.07) is 4.10. The van der Waals surface area contributed by atoms with Gasteiger partial charge in [0.15, 0.2) is 0 Å². The number of hydrogen-bond donors (Lipinski definition) is 2. The van der Waals surface area contributed by atoms with E-state index in [0.29, 0.717) is 18.0 Å². The van der Waals surface area contributed by atoms with E-state index in [1.54, 1.807) is 6.07 Å². The van der Waals surface area contributed by atoms with E-state index in [-0.39, 0.29) is 13.2 Å². The number of benzene rings is 1. The molecule has 0 radical (unpaired) electrons. The van der Waals surface area contributed by atoms with E-state index in [1.165, 1.54) is 12.1 Å². The molecule has 0 amide bonds. The second-order valence-corrected chi connectivity index (χ2v) is 2.77. The second-order valence-electron chi connectivity index (χ2n) is 2.77. The molecule has 0 aliphatic heterocycles. The molecule has 1 aromatic carbocycles. The van der Waals surface area contributed by atoms with Crippen LogP contribution in [0.4, 0.5) is 10.1 Å². The highest BCUT2D eigenvalue weighted by molar-refractivity contribution is 5.56. The van der Waals surface area contributed by atoms with E-state index >= 15 is 0 Å². The van der Waals surface area contributed by atoms with Gasteiger partial charge in [-0.15, -0.1) is 6.42 Å². The Labute approximate surface area is 87.9 Å². The maximum absolute atomic E-state index is 12.9. The molecule has 0 spiro atoms.